The number of aromatic nitrogens is 2. The van der Waals surface area contributed by atoms with Crippen molar-refractivity contribution >= 4 is 46.0 Å². The molecule has 3 fully saturated rings. The summed E-state index contributed by atoms with van der Waals surface area (Å²) in [4.78, 5) is 44.4. The van der Waals surface area contributed by atoms with Gasteiger partial charge in [-0.3, -0.25) is 19.0 Å². The van der Waals surface area contributed by atoms with Crippen LogP contribution in [0.5, 0.6) is 0 Å². The second-order valence-corrected chi connectivity index (χ2v) is 17.3. The molecular weight excluding hydrogens is 622 g/mol. The number of carbonyl (C=O) groups excluding carboxylic acids is 2. The van der Waals surface area contributed by atoms with Crippen molar-refractivity contribution in [1.29, 1.82) is 0 Å². The van der Waals surface area contributed by atoms with E-state index in [4.69, 9.17) is 16.3 Å². The van der Waals surface area contributed by atoms with E-state index in [-0.39, 0.29) is 51.0 Å². The van der Waals surface area contributed by atoms with Crippen LogP contribution in [0.25, 0.3) is 10.9 Å². The maximum atomic E-state index is 13.6. The molecule has 1 heterocycles. The predicted molar refractivity (Wildman–Crippen MR) is 185 cm³/mol. The molecule has 3 aliphatic carbocycles. The smallest absolute Gasteiger partial charge is 0.316 e. The number of rotatable bonds is 10. The minimum absolute atomic E-state index is 0.0612. The first-order chi connectivity index (χ1) is 21.6. The van der Waals surface area contributed by atoms with Crippen molar-refractivity contribution in [3.63, 3.8) is 0 Å². The van der Waals surface area contributed by atoms with Crippen LogP contribution in [0.1, 0.15) is 73.6 Å². The Morgan fingerprint density at radius 1 is 1.28 bits per heavy atom. The lowest BCUT2D eigenvalue weighted by Gasteiger charge is -2.61. The zero-order valence-corrected chi connectivity index (χ0v) is 29.7. The molecule has 3 aliphatic rings. The highest BCUT2D eigenvalue weighted by Crippen LogP contribution is 2.68. The summed E-state index contributed by atoms with van der Waals surface area (Å²) in [7, 11) is 0. The van der Waals surface area contributed by atoms with Gasteiger partial charge >= 0.3 is 5.97 Å². The Bertz CT molecular complexity index is 1560. The number of esters is 1. The number of benzene rings is 1. The second kappa shape index (κ2) is 13.0. The maximum Gasteiger partial charge on any atom is 0.316 e. The number of hydrogen-bond acceptors (Lipinski definition) is 8. The fraction of sp³-hybridized carbons (Fsp3) is 0.667. The molecule has 10 heteroatoms. The highest BCUT2D eigenvalue weighted by molar-refractivity contribution is 8.01. The number of nitrogens with one attached hydrogen (secondary N) is 1. The van der Waals surface area contributed by atoms with Gasteiger partial charge in [0, 0.05) is 47.6 Å². The van der Waals surface area contributed by atoms with Crippen LogP contribution in [-0.2, 0) is 20.9 Å². The van der Waals surface area contributed by atoms with Gasteiger partial charge in [-0.2, -0.15) is 0 Å². The van der Waals surface area contributed by atoms with Crippen LogP contribution < -0.4 is 10.9 Å². The molecule has 0 aliphatic heterocycles. The molecule has 2 bridgehead atoms. The summed E-state index contributed by atoms with van der Waals surface area (Å²) in [6.45, 7) is 18.3. The van der Waals surface area contributed by atoms with Crippen molar-refractivity contribution in [2.75, 3.05) is 18.8 Å². The fourth-order valence-electron chi connectivity index (χ4n) is 8.90. The van der Waals surface area contributed by atoms with Crippen LogP contribution in [-0.4, -0.2) is 62.2 Å². The van der Waals surface area contributed by atoms with Crippen molar-refractivity contribution < 1.29 is 19.4 Å². The highest BCUT2D eigenvalue weighted by atomic mass is 35.5. The van der Waals surface area contributed by atoms with E-state index in [0.29, 0.717) is 48.4 Å². The number of carbonyl (C=O) groups is 2. The average Bonchev–Trinajstić information content (AvgIpc) is 3.38. The number of aliphatic hydroxyl groups excluding tert-OH is 1. The molecule has 2 aromatic rings. The van der Waals surface area contributed by atoms with Gasteiger partial charge in [0.2, 0.25) is 0 Å². The molecule has 8 nitrogen and oxygen atoms in total. The lowest BCUT2D eigenvalue weighted by molar-refractivity contribution is -0.205. The summed E-state index contributed by atoms with van der Waals surface area (Å²) < 4.78 is 7.69. The number of ether oxygens (including phenoxy) is 1. The zero-order valence-electron chi connectivity index (χ0n) is 28.1. The average molecular weight is 672 g/mol. The van der Waals surface area contributed by atoms with Crippen LogP contribution >= 0.6 is 23.4 Å². The number of thioether (sulfide) groups is 1. The molecule has 0 amide bonds. The van der Waals surface area contributed by atoms with E-state index < -0.39 is 23.0 Å². The maximum absolute atomic E-state index is 13.6. The number of hydrogen-bond donors (Lipinski definition) is 2. The number of fused-ring (bicyclic) bond motifs is 1. The number of ketones is 1. The predicted octanol–water partition coefficient (Wildman–Crippen LogP) is 6.06. The molecule has 0 unspecified atom stereocenters. The third-order valence-corrected chi connectivity index (χ3v) is 13.7. The number of Topliss-reactive ketones (excluding diaryl/α,β-unsaturated/α-hetero) is 1. The summed E-state index contributed by atoms with van der Waals surface area (Å²) in [5.41, 5.74) is -1.10. The van der Waals surface area contributed by atoms with Gasteiger partial charge in [-0.05, 0) is 68.9 Å². The van der Waals surface area contributed by atoms with E-state index in [1.807, 2.05) is 13.0 Å². The highest BCUT2D eigenvalue weighted by Gasteiger charge is 2.68. The summed E-state index contributed by atoms with van der Waals surface area (Å²) in [5, 5.41) is 16.1. The molecule has 1 aromatic carbocycles. The van der Waals surface area contributed by atoms with Crippen LogP contribution in [0.15, 0.2) is 42.0 Å². The molecule has 0 spiro atoms. The molecule has 252 valence electrons. The van der Waals surface area contributed by atoms with Crippen molar-refractivity contribution in [2.45, 2.75) is 97.1 Å². The van der Waals surface area contributed by atoms with Gasteiger partial charge in [-0.1, -0.05) is 51.4 Å². The Kier molecular flexibility index (Phi) is 9.94. The van der Waals surface area contributed by atoms with Crippen molar-refractivity contribution in [1.82, 2.24) is 14.9 Å². The normalized spacial score (nSPS) is 34.5. The number of aliphatic hydroxyl groups is 1. The van der Waals surface area contributed by atoms with E-state index in [1.54, 1.807) is 22.8 Å². The molecule has 8 atom stereocenters. The lowest BCUT2D eigenvalue weighted by Crippen LogP contribution is -2.63. The van der Waals surface area contributed by atoms with E-state index in [0.717, 1.165) is 19.3 Å². The summed E-state index contributed by atoms with van der Waals surface area (Å²) >= 11 is 7.70. The van der Waals surface area contributed by atoms with Gasteiger partial charge < -0.3 is 15.2 Å². The molecule has 0 saturated heterocycles. The molecule has 2 N–H and O–H groups in total. The summed E-state index contributed by atoms with van der Waals surface area (Å²) in [5.74, 6) is 0.00373. The molecular formula is C36H50ClN3O5S. The van der Waals surface area contributed by atoms with Crippen LogP contribution in [0, 0.1) is 34.0 Å². The standard InChI is InChI=1S/C36H50ClN3O5S/c1-8-34(6)18-27(35(7)22(2)12-14-36(23(3)31(34)43)15-13-26(41)30(35)36)45-28(42)19-46-33(4,5)20-38-16-17-40-21-39-29-24(32(40)44)10-9-11-25(29)37/h8-11,21-23,27,30-31,38,43H,1,12-20H2,2-7H3/t22-,23+,27-,30+,31+,34-,35+,36+/m1/s1. The van der Waals surface area contributed by atoms with E-state index in [1.165, 1.54) is 18.1 Å². The Balaban J connectivity index is 1.23. The van der Waals surface area contributed by atoms with Crippen LogP contribution in [0.2, 0.25) is 5.02 Å². The van der Waals surface area contributed by atoms with E-state index >= 15 is 0 Å². The minimum Gasteiger partial charge on any atom is -0.461 e. The molecule has 46 heavy (non-hydrogen) atoms. The van der Waals surface area contributed by atoms with Gasteiger partial charge in [-0.25, -0.2) is 4.98 Å². The largest absolute Gasteiger partial charge is 0.461 e. The molecule has 3 saturated carbocycles. The molecule has 5 rings (SSSR count). The Hall–Kier alpha value is -2.20. The quantitative estimate of drug-likeness (QED) is 0.178. The monoisotopic (exact) mass is 671 g/mol. The van der Waals surface area contributed by atoms with Crippen molar-refractivity contribution in [2.24, 2.45) is 34.0 Å². The van der Waals surface area contributed by atoms with E-state index in [2.05, 4.69) is 51.5 Å². The molecule has 1 aromatic heterocycles. The SMILES string of the molecule is C=C[C@]1(C)C[C@@H](OC(=O)CSC(C)(C)CNCCn2cnc3c(Cl)cccc3c2=O)[C@]2(C)[C@H](C)CC[C@]3(CCC(=O)[C@H]32)[C@@H](C)[C@@H]1O. The third kappa shape index (κ3) is 6.10. The Morgan fingerprint density at radius 3 is 2.74 bits per heavy atom. The fourth-order valence-corrected chi connectivity index (χ4v) is 9.91. The first-order valence-electron chi connectivity index (χ1n) is 16.6. The van der Waals surface area contributed by atoms with Gasteiger partial charge in [0.05, 0.1) is 34.1 Å². The first-order valence-corrected chi connectivity index (χ1v) is 18.0. The number of nitrogens with zero attached hydrogens (tertiary/aromatic N) is 2. The number of para-hydroxylation sites is 1. The number of halogens is 1. The minimum atomic E-state index is -0.684. The van der Waals surface area contributed by atoms with Crippen LogP contribution in [0.3, 0.4) is 0 Å². The topological polar surface area (TPSA) is 111 Å². The van der Waals surface area contributed by atoms with Gasteiger partial charge in [0.1, 0.15) is 11.9 Å². The summed E-state index contributed by atoms with van der Waals surface area (Å²) in [6.07, 6.45) is 5.73. The van der Waals surface area contributed by atoms with Gasteiger partial charge in [-0.15, -0.1) is 18.3 Å². The van der Waals surface area contributed by atoms with Crippen LogP contribution in [0.4, 0.5) is 0 Å². The van der Waals surface area contributed by atoms with E-state index in [9.17, 15) is 19.5 Å². The van der Waals surface area contributed by atoms with Crippen molar-refractivity contribution in [3.05, 3.63) is 52.6 Å². The van der Waals surface area contributed by atoms with Gasteiger partial charge in [0.25, 0.3) is 5.56 Å². The van der Waals surface area contributed by atoms with Gasteiger partial charge in [0.15, 0.2) is 0 Å². The van der Waals surface area contributed by atoms with Crippen molar-refractivity contribution in [3.8, 4) is 0 Å². The Labute approximate surface area is 282 Å². The first kappa shape index (κ1) is 35.1. The zero-order chi connectivity index (χ0) is 33.7. The Morgan fingerprint density at radius 2 is 2.02 bits per heavy atom. The molecule has 0 radical (unpaired) electrons. The third-order valence-electron chi connectivity index (χ3n) is 12.0. The second-order valence-electron chi connectivity index (χ2n) is 15.2. The summed E-state index contributed by atoms with van der Waals surface area (Å²) in [6, 6.07) is 5.20. The lowest BCUT2D eigenvalue weighted by atomic mass is 9.44.